The second-order valence-electron chi connectivity index (χ2n) is 8.30. The molecule has 0 radical (unpaired) electrons. The average molecular weight is 281 g/mol. The van der Waals surface area contributed by atoms with E-state index in [2.05, 4.69) is 39.5 Å². The van der Waals surface area contributed by atoms with Crippen LogP contribution in [0.1, 0.15) is 73.1 Å². The van der Waals surface area contributed by atoms with E-state index >= 15 is 0 Å². The van der Waals surface area contributed by atoms with E-state index in [1.807, 2.05) is 0 Å². The first-order chi connectivity index (χ1) is 9.35. The van der Waals surface area contributed by atoms with Gasteiger partial charge in [0.05, 0.1) is 6.10 Å². The van der Waals surface area contributed by atoms with E-state index in [1.165, 1.54) is 32.2 Å². The van der Waals surface area contributed by atoms with Gasteiger partial charge in [-0.3, -0.25) is 4.90 Å². The predicted octanol–water partition coefficient (Wildman–Crippen LogP) is 4.07. The van der Waals surface area contributed by atoms with Crippen molar-refractivity contribution >= 4 is 0 Å². The Balaban J connectivity index is 2.17. The Hall–Kier alpha value is -0.0800. The Morgan fingerprint density at radius 1 is 1.15 bits per heavy atom. The lowest BCUT2D eigenvalue weighted by Crippen LogP contribution is -2.52. The summed E-state index contributed by atoms with van der Waals surface area (Å²) in [5, 5.41) is 10.2. The van der Waals surface area contributed by atoms with Gasteiger partial charge in [0.2, 0.25) is 0 Å². The fourth-order valence-corrected chi connectivity index (χ4v) is 4.05. The molecule has 2 aliphatic rings. The highest BCUT2D eigenvalue weighted by Crippen LogP contribution is 2.45. The van der Waals surface area contributed by atoms with Crippen LogP contribution in [0.5, 0.6) is 0 Å². The van der Waals surface area contributed by atoms with Crippen molar-refractivity contribution in [1.29, 1.82) is 0 Å². The fourth-order valence-electron chi connectivity index (χ4n) is 4.05. The zero-order valence-corrected chi connectivity index (χ0v) is 14.2. The maximum Gasteiger partial charge on any atom is 0.0555 e. The first-order valence-electron chi connectivity index (χ1n) is 8.79. The summed E-state index contributed by atoms with van der Waals surface area (Å²) in [6.07, 6.45) is 7.12. The van der Waals surface area contributed by atoms with Crippen LogP contribution >= 0.6 is 0 Å². The molecule has 2 aliphatic carbocycles. The molecule has 2 nitrogen and oxygen atoms in total. The number of hydrogen-bond donors (Lipinski definition) is 1. The highest BCUT2D eigenvalue weighted by molar-refractivity contribution is 4.98. The predicted molar refractivity (Wildman–Crippen MR) is 85.8 cm³/mol. The van der Waals surface area contributed by atoms with Crippen LogP contribution in [-0.2, 0) is 0 Å². The highest BCUT2D eigenvalue weighted by Gasteiger charge is 2.44. The monoisotopic (exact) mass is 281 g/mol. The van der Waals surface area contributed by atoms with Crippen molar-refractivity contribution in [2.75, 3.05) is 6.54 Å². The zero-order valence-electron chi connectivity index (χ0n) is 14.2. The van der Waals surface area contributed by atoms with Crippen LogP contribution in [0.4, 0.5) is 0 Å². The quantitative estimate of drug-likeness (QED) is 0.793. The molecule has 2 heteroatoms. The van der Waals surface area contributed by atoms with Gasteiger partial charge in [-0.25, -0.2) is 0 Å². The highest BCUT2D eigenvalue weighted by atomic mass is 16.3. The molecule has 0 saturated heterocycles. The van der Waals surface area contributed by atoms with E-state index in [0.717, 1.165) is 30.7 Å². The molecule has 3 atom stereocenters. The average Bonchev–Trinajstić information content (AvgIpc) is 3.19. The first kappa shape index (κ1) is 16.3. The van der Waals surface area contributed by atoms with E-state index in [0.29, 0.717) is 11.5 Å². The van der Waals surface area contributed by atoms with Crippen LogP contribution in [-0.4, -0.2) is 34.7 Å². The third kappa shape index (κ3) is 3.76. The molecule has 0 aromatic heterocycles. The summed E-state index contributed by atoms with van der Waals surface area (Å²) in [4.78, 5) is 2.77. The normalized spacial score (nSPS) is 32.1. The van der Waals surface area contributed by atoms with Gasteiger partial charge in [0.1, 0.15) is 0 Å². The molecular formula is C18H35NO. The summed E-state index contributed by atoms with van der Waals surface area (Å²) in [5.41, 5.74) is 0.398. The van der Waals surface area contributed by atoms with Gasteiger partial charge in [-0.2, -0.15) is 0 Å². The lowest BCUT2D eigenvalue weighted by Gasteiger charge is -2.48. The smallest absolute Gasteiger partial charge is 0.0555 e. The minimum atomic E-state index is -0.0719. The maximum absolute atomic E-state index is 10.2. The number of hydrogen-bond acceptors (Lipinski definition) is 2. The number of aliphatic hydroxyl groups excluding tert-OH is 1. The molecule has 2 fully saturated rings. The number of aliphatic hydroxyl groups is 1. The van der Waals surface area contributed by atoms with Gasteiger partial charge in [-0.05, 0) is 49.4 Å². The van der Waals surface area contributed by atoms with E-state index < -0.39 is 0 Å². The molecule has 0 amide bonds. The van der Waals surface area contributed by atoms with Crippen LogP contribution < -0.4 is 0 Å². The van der Waals surface area contributed by atoms with Crippen LogP contribution in [0.2, 0.25) is 0 Å². The van der Waals surface area contributed by atoms with Crippen LogP contribution in [0, 0.1) is 17.3 Å². The minimum Gasteiger partial charge on any atom is -0.393 e. The summed E-state index contributed by atoms with van der Waals surface area (Å²) in [6.45, 7) is 13.1. The van der Waals surface area contributed by atoms with Gasteiger partial charge in [0, 0.05) is 18.6 Å². The summed E-state index contributed by atoms with van der Waals surface area (Å²) < 4.78 is 0. The first-order valence-corrected chi connectivity index (χ1v) is 8.79. The second kappa shape index (κ2) is 6.36. The van der Waals surface area contributed by atoms with Crippen molar-refractivity contribution in [1.82, 2.24) is 4.90 Å². The summed E-state index contributed by atoms with van der Waals surface area (Å²) in [5.74, 6) is 1.47. The largest absolute Gasteiger partial charge is 0.393 e. The summed E-state index contributed by atoms with van der Waals surface area (Å²) in [7, 11) is 0. The number of nitrogens with zero attached hydrogens (tertiary/aromatic N) is 1. The molecular weight excluding hydrogens is 246 g/mol. The molecule has 2 saturated carbocycles. The van der Waals surface area contributed by atoms with Gasteiger partial charge >= 0.3 is 0 Å². The Bertz CT molecular complexity index is 309. The lowest BCUT2D eigenvalue weighted by atomic mass is 9.66. The number of rotatable bonds is 6. The van der Waals surface area contributed by atoms with Crippen molar-refractivity contribution in [3.8, 4) is 0 Å². The van der Waals surface area contributed by atoms with Gasteiger partial charge in [0.15, 0.2) is 0 Å². The van der Waals surface area contributed by atoms with E-state index in [4.69, 9.17) is 0 Å². The van der Waals surface area contributed by atoms with Crippen LogP contribution in [0.25, 0.3) is 0 Å². The lowest BCUT2D eigenvalue weighted by molar-refractivity contribution is -0.0253. The summed E-state index contributed by atoms with van der Waals surface area (Å²) in [6, 6.07) is 1.41. The van der Waals surface area contributed by atoms with Crippen LogP contribution in [0.15, 0.2) is 0 Å². The molecule has 0 aromatic rings. The van der Waals surface area contributed by atoms with E-state index in [1.54, 1.807) is 0 Å². The van der Waals surface area contributed by atoms with Gasteiger partial charge in [0.25, 0.3) is 0 Å². The minimum absolute atomic E-state index is 0.0719. The molecule has 20 heavy (non-hydrogen) atoms. The molecule has 3 unspecified atom stereocenters. The third-order valence-corrected chi connectivity index (χ3v) is 5.72. The third-order valence-electron chi connectivity index (χ3n) is 5.72. The van der Waals surface area contributed by atoms with Crippen molar-refractivity contribution < 1.29 is 5.11 Å². The Morgan fingerprint density at radius 3 is 2.30 bits per heavy atom. The SMILES string of the molecule is CCC(C)(C)C1CCC(O)CC1N(CC(C)C)C1CC1. The molecule has 1 N–H and O–H groups in total. The molecule has 2 rings (SSSR count). The fraction of sp³-hybridized carbons (Fsp3) is 1.00. The maximum atomic E-state index is 10.2. The molecule has 0 aromatic carbocycles. The van der Waals surface area contributed by atoms with Gasteiger partial charge in [-0.1, -0.05) is 41.0 Å². The molecule has 0 heterocycles. The van der Waals surface area contributed by atoms with Crippen molar-refractivity contribution in [3.05, 3.63) is 0 Å². The Morgan fingerprint density at radius 2 is 1.80 bits per heavy atom. The standard InChI is InChI=1S/C18H35NO/c1-6-18(4,5)16-10-9-15(20)11-17(16)19(12-13(2)3)14-7-8-14/h13-17,20H,6-12H2,1-5H3. The van der Waals surface area contributed by atoms with Gasteiger partial charge < -0.3 is 5.11 Å². The molecule has 0 aliphatic heterocycles. The Kier molecular flexibility index (Phi) is 5.18. The van der Waals surface area contributed by atoms with Crippen LogP contribution in [0.3, 0.4) is 0 Å². The van der Waals surface area contributed by atoms with Crippen molar-refractivity contribution in [2.45, 2.75) is 91.3 Å². The van der Waals surface area contributed by atoms with Gasteiger partial charge in [-0.15, -0.1) is 0 Å². The van der Waals surface area contributed by atoms with E-state index in [9.17, 15) is 5.11 Å². The van der Waals surface area contributed by atoms with Crippen molar-refractivity contribution in [2.24, 2.45) is 17.3 Å². The molecule has 118 valence electrons. The zero-order chi connectivity index (χ0) is 14.9. The second-order valence-corrected chi connectivity index (χ2v) is 8.30. The topological polar surface area (TPSA) is 23.5 Å². The van der Waals surface area contributed by atoms with Crippen molar-refractivity contribution in [3.63, 3.8) is 0 Å². The van der Waals surface area contributed by atoms with E-state index in [-0.39, 0.29) is 6.10 Å². The molecule has 0 bridgehead atoms. The molecule has 0 spiro atoms. The Labute approximate surface area is 125 Å². The summed E-state index contributed by atoms with van der Waals surface area (Å²) >= 11 is 0.